The van der Waals surface area contributed by atoms with Crippen LogP contribution in [0.1, 0.15) is 204 Å². The molecule has 0 saturated carbocycles. The lowest BCUT2D eigenvalue weighted by Crippen LogP contribution is -2.16. The van der Waals surface area contributed by atoms with Gasteiger partial charge in [-0.2, -0.15) is 0 Å². The standard InChI is InChI=1S/C15H23Br.2C15H24.C7H7Br.C7H8/c1-8(2)13-10(5)14(9(3)4)12(7)15(16)11(13)6;1-11-10-12(14(2,3)4)8-9-13(11)15(5,6)7;1-9(2)14-11(5)8-12(6)15(10(3)4)13(14)7;1-6-2-4-7(8)5-3-6;1-7-5-3-2-4-6-7/h8-9H,1-7H3;2*8-10H,1-7H3;2-5H,1H3;2-6H,1H3. The molecule has 0 atom stereocenters. The molecule has 5 rings (SSSR count). The molecule has 0 nitrogen and oxygen atoms in total. The van der Waals surface area contributed by atoms with Crippen molar-refractivity contribution in [2.75, 3.05) is 0 Å². The third kappa shape index (κ3) is 17.3. The first-order chi connectivity index (χ1) is 27.9. The Morgan fingerprint density at radius 1 is 0.377 bits per heavy atom. The van der Waals surface area contributed by atoms with E-state index in [0.29, 0.717) is 23.7 Å². The van der Waals surface area contributed by atoms with Crippen LogP contribution in [0.3, 0.4) is 0 Å². The molecule has 0 aliphatic rings. The molecule has 0 bridgehead atoms. The largest absolute Gasteiger partial charge is 0.0622 e. The second kappa shape index (κ2) is 24.8. The maximum absolute atomic E-state index is 3.75. The zero-order chi connectivity index (χ0) is 47.3. The molecule has 0 aliphatic heterocycles. The SMILES string of the molecule is Cc1c(Br)c(C)c(C(C)C)c(C)c1C(C)C.Cc1cc(C(C)(C)C)ccc1C(C)(C)C.Cc1cc(C)c(C(C)C)c(C)c1C(C)C.Cc1ccc(Br)cc1.Cc1ccccc1. The summed E-state index contributed by atoms with van der Waals surface area (Å²) in [6, 6.07) is 27.7. The van der Waals surface area contributed by atoms with Gasteiger partial charge >= 0.3 is 0 Å². The van der Waals surface area contributed by atoms with E-state index in [4.69, 9.17) is 0 Å². The zero-order valence-corrected chi connectivity index (χ0v) is 46.2. The van der Waals surface area contributed by atoms with E-state index in [0.717, 1.165) is 4.47 Å². The highest BCUT2D eigenvalue weighted by atomic mass is 79.9. The second-order valence-electron chi connectivity index (χ2n) is 20.6. The summed E-state index contributed by atoms with van der Waals surface area (Å²) in [6.07, 6.45) is 0. The predicted molar refractivity (Wildman–Crippen MR) is 284 cm³/mol. The summed E-state index contributed by atoms with van der Waals surface area (Å²) < 4.78 is 2.44. The lowest BCUT2D eigenvalue weighted by Gasteiger charge is -2.25. The predicted octanol–water partition coefficient (Wildman–Crippen LogP) is 19.8. The Kier molecular flexibility index (Phi) is 22.8. The van der Waals surface area contributed by atoms with Crippen molar-refractivity contribution >= 4 is 31.9 Å². The van der Waals surface area contributed by atoms with Gasteiger partial charge in [0.05, 0.1) is 0 Å². The molecule has 0 spiro atoms. The molecule has 0 fully saturated rings. The normalized spacial score (nSPS) is 11.3. The third-order valence-corrected chi connectivity index (χ3v) is 13.2. The van der Waals surface area contributed by atoms with Crippen LogP contribution in [0.15, 0.2) is 87.8 Å². The van der Waals surface area contributed by atoms with E-state index in [1.54, 1.807) is 11.1 Å². The molecule has 0 aromatic heterocycles. The van der Waals surface area contributed by atoms with Gasteiger partial charge in [0.2, 0.25) is 0 Å². The van der Waals surface area contributed by atoms with Crippen LogP contribution in [0.2, 0.25) is 0 Å². The topological polar surface area (TPSA) is 0 Å². The molecule has 0 saturated heterocycles. The number of hydrogen-bond donors (Lipinski definition) is 0. The fraction of sp³-hybridized carbons (Fsp3) is 0.492. The summed E-state index contributed by atoms with van der Waals surface area (Å²) >= 11 is 7.10. The molecule has 5 aromatic carbocycles. The quantitative estimate of drug-likeness (QED) is 0.168. The average molecular weight is 955 g/mol. The first-order valence-corrected chi connectivity index (χ1v) is 24.3. The molecule has 0 heterocycles. The molecule has 0 radical (unpaired) electrons. The van der Waals surface area contributed by atoms with Crippen molar-refractivity contribution < 1.29 is 0 Å². The van der Waals surface area contributed by atoms with Gasteiger partial charge in [0, 0.05) is 8.95 Å². The number of halogens is 2. The van der Waals surface area contributed by atoms with Crippen LogP contribution in [0.4, 0.5) is 0 Å². The first kappa shape index (κ1) is 56.1. The molecule has 2 heteroatoms. The highest BCUT2D eigenvalue weighted by molar-refractivity contribution is 9.10. The van der Waals surface area contributed by atoms with Gasteiger partial charge in [-0.05, 0) is 181 Å². The van der Waals surface area contributed by atoms with E-state index in [1.165, 1.54) is 76.8 Å². The molecular formula is C59H86Br2. The van der Waals surface area contributed by atoms with Crippen LogP contribution in [0.5, 0.6) is 0 Å². The average Bonchev–Trinajstić information content (AvgIpc) is 3.11. The van der Waals surface area contributed by atoms with Crippen LogP contribution in [-0.4, -0.2) is 0 Å². The summed E-state index contributed by atoms with van der Waals surface area (Å²) in [5, 5.41) is 0. The Morgan fingerprint density at radius 3 is 1.05 bits per heavy atom. The molecule has 61 heavy (non-hydrogen) atoms. The minimum Gasteiger partial charge on any atom is -0.0622 e. The maximum atomic E-state index is 3.75. The van der Waals surface area contributed by atoms with E-state index in [9.17, 15) is 0 Å². The molecular weight excluding hydrogens is 868 g/mol. The van der Waals surface area contributed by atoms with E-state index in [2.05, 4.69) is 240 Å². The van der Waals surface area contributed by atoms with E-state index >= 15 is 0 Å². The number of hydrogen-bond acceptors (Lipinski definition) is 0. The maximum Gasteiger partial charge on any atom is 0.0239 e. The molecule has 0 amide bonds. The van der Waals surface area contributed by atoms with E-state index < -0.39 is 0 Å². The van der Waals surface area contributed by atoms with Gasteiger partial charge in [-0.15, -0.1) is 0 Å². The van der Waals surface area contributed by atoms with E-state index in [-0.39, 0.29) is 10.8 Å². The summed E-state index contributed by atoms with van der Waals surface area (Å²) in [5.41, 5.74) is 22.3. The molecule has 0 unspecified atom stereocenters. The van der Waals surface area contributed by atoms with Gasteiger partial charge < -0.3 is 0 Å². The van der Waals surface area contributed by atoms with Gasteiger partial charge in [0.1, 0.15) is 0 Å². The fourth-order valence-electron chi connectivity index (χ4n) is 8.99. The van der Waals surface area contributed by atoms with Crippen LogP contribution in [0, 0.1) is 62.3 Å². The Bertz CT molecular complexity index is 2010. The highest BCUT2D eigenvalue weighted by Crippen LogP contribution is 2.38. The summed E-state index contributed by atoms with van der Waals surface area (Å²) in [5.74, 6) is 2.44. The van der Waals surface area contributed by atoms with Crippen molar-refractivity contribution in [3.63, 3.8) is 0 Å². The number of rotatable bonds is 4. The van der Waals surface area contributed by atoms with Gasteiger partial charge in [0.25, 0.3) is 0 Å². The van der Waals surface area contributed by atoms with Gasteiger partial charge in [0.15, 0.2) is 0 Å². The summed E-state index contributed by atoms with van der Waals surface area (Å²) in [6.45, 7) is 51.7. The number of aryl methyl sites for hydroxylation is 5. The Hall–Kier alpha value is -2.94. The lowest BCUT2D eigenvalue weighted by molar-refractivity contribution is 0.573. The second-order valence-corrected chi connectivity index (χ2v) is 22.3. The van der Waals surface area contributed by atoms with Gasteiger partial charge in [-0.1, -0.05) is 207 Å². The monoisotopic (exact) mass is 953 g/mol. The van der Waals surface area contributed by atoms with E-state index in [1.807, 2.05) is 30.3 Å². The van der Waals surface area contributed by atoms with Crippen molar-refractivity contribution in [3.8, 4) is 0 Å². The molecule has 0 N–H and O–H groups in total. The molecule has 5 aromatic rings. The van der Waals surface area contributed by atoms with Crippen LogP contribution in [0.25, 0.3) is 0 Å². The van der Waals surface area contributed by atoms with Crippen molar-refractivity contribution in [2.24, 2.45) is 0 Å². The summed E-state index contributed by atoms with van der Waals surface area (Å²) in [7, 11) is 0. The Balaban J connectivity index is 0.000000393. The van der Waals surface area contributed by atoms with Crippen molar-refractivity contribution in [1.29, 1.82) is 0 Å². The zero-order valence-electron chi connectivity index (χ0n) is 43.1. The highest BCUT2D eigenvalue weighted by Gasteiger charge is 2.21. The lowest BCUT2D eigenvalue weighted by atomic mass is 9.80. The van der Waals surface area contributed by atoms with Crippen LogP contribution in [-0.2, 0) is 10.8 Å². The van der Waals surface area contributed by atoms with Crippen molar-refractivity contribution in [2.45, 2.75) is 194 Å². The number of benzene rings is 5. The molecule has 0 aliphatic carbocycles. The minimum absolute atomic E-state index is 0.250. The molecule has 336 valence electrons. The Labute approximate surface area is 394 Å². The Morgan fingerprint density at radius 2 is 0.754 bits per heavy atom. The summed E-state index contributed by atoms with van der Waals surface area (Å²) in [4.78, 5) is 0. The first-order valence-electron chi connectivity index (χ1n) is 22.7. The minimum atomic E-state index is 0.250. The third-order valence-electron chi connectivity index (χ3n) is 11.5. The van der Waals surface area contributed by atoms with Crippen molar-refractivity contribution in [3.05, 3.63) is 171 Å². The van der Waals surface area contributed by atoms with Crippen LogP contribution < -0.4 is 0 Å². The van der Waals surface area contributed by atoms with Gasteiger partial charge in [-0.3, -0.25) is 0 Å². The van der Waals surface area contributed by atoms with Gasteiger partial charge in [-0.25, -0.2) is 0 Å². The van der Waals surface area contributed by atoms with Crippen LogP contribution >= 0.6 is 31.9 Å². The smallest absolute Gasteiger partial charge is 0.0239 e. The van der Waals surface area contributed by atoms with Crippen molar-refractivity contribution in [1.82, 2.24) is 0 Å². The fourth-order valence-corrected chi connectivity index (χ4v) is 9.68.